The van der Waals surface area contributed by atoms with Gasteiger partial charge in [-0.15, -0.1) is 0 Å². The van der Waals surface area contributed by atoms with Crippen molar-refractivity contribution < 1.29 is 19.5 Å². The van der Waals surface area contributed by atoms with Gasteiger partial charge in [0.25, 0.3) is 0 Å². The number of carbonyl (C=O) groups excluding carboxylic acids is 2. The number of aliphatic carboxylic acids is 1. The van der Waals surface area contributed by atoms with E-state index < -0.39 is 12.0 Å². The van der Waals surface area contributed by atoms with Crippen molar-refractivity contribution in [1.82, 2.24) is 25.5 Å². The average Bonchev–Trinajstić information content (AvgIpc) is 3.41. The van der Waals surface area contributed by atoms with Gasteiger partial charge in [0.1, 0.15) is 6.04 Å². The number of nitrogens with zero attached hydrogens (tertiary/aromatic N) is 2. The first-order valence-corrected chi connectivity index (χ1v) is 12.3. The molecule has 0 aliphatic carbocycles. The van der Waals surface area contributed by atoms with Crippen LogP contribution < -0.4 is 10.6 Å². The number of hydrogen-bond acceptors (Lipinski definition) is 6. The Kier molecular flexibility index (Phi) is 10.3. The van der Waals surface area contributed by atoms with Crippen molar-refractivity contribution in [3.05, 3.63) is 18.2 Å². The molecule has 2 amide bonds. The van der Waals surface area contributed by atoms with Crippen LogP contribution in [0, 0.1) is 5.92 Å². The Balaban J connectivity index is 1.99. The number of aromatic nitrogens is 2. The fourth-order valence-electron chi connectivity index (χ4n) is 3.82. The maximum absolute atomic E-state index is 12.9. The van der Waals surface area contributed by atoms with Gasteiger partial charge in [-0.3, -0.25) is 14.5 Å². The van der Waals surface area contributed by atoms with E-state index in [1.807, 2.05) is 6.26 Å². The molecule has 0 radical (unpaired) electrons. The zero-order valence-corrected chi connectivity index (χ0v) is 19.4. The molecule has 2 heterocycles. The van der Waals surface area contributed by atoms with Gasteiger partial charge in [-0.05, 0) is 43.7 Å². The largest absolute Gasteiger partial charge is 0.480 e. The van der Waals surface area contributed by atoms with Gasteiger partial charge in [0.15, 0.2) is 0 Å². The van der Waals surface area contributed by atoms with Gasteiger partial charge in [0, 0.05) is 24.5 Å². The second kappa shape index (κ2) is 12.7. The van der Waals surface area contributed by atoms with E-state index in [-0.39, 0.29) is 36.2 Å². The van der Waals surface area contributed by atoms with Crippen LogP contribution in [0.5, 0.6) is 0 Å². The molecule has 10 heteroatoms. The van der Waals surface area contributed by atoms with E-state index in [0.29, 0.717) is 25.1 Å². The maximum Gasteiger partial charge on any atom is 0.326 e. The van der Waals surface area contributed by atoms with E-state index in [4.69, 9.17) is 0 Å². The zero-order valence-electron chi connectivity index (χ0n) is 18.6. The van der Waals surface area contributed by atoms with Gasteiger partial charge < -0.3 is 20.7 Å². The number of likely N-dealkylation sites (tertiary alicyclic amines) is 1. The molecule has 1 fully saturated rings. The van der Waals surface area contributed by atoms with E-state index in [0.717, 1.165) is 25.1 Å². The summed E-state index contributed by atoms with van der Waals surface area (Å²) in [7, 11) is 0. The van der Waals surface area contributed by atoms with Crippen molar-refractivity contribution in [2.45, 2.75) is 64.1 Å². The van der Waals surface area contributed by atoms with Crippen molar-refractivity contribution in [1.29, 1.82) is 0 Å². The van der Waals surface area contributed by atoms with E-state index in [2.05, 4.69) is 39.3 Å². The Morgan fingerprint density at radius 1 is 1.39 bits per heavy atom. The first kappa shape index (κ1) is 25.2. The molecule has 4 unspecified atom stereocenters. The Bertz CT molecular complexity index is 715. The van der Waals surface area contributed by atoms with Gasteiger partial charge in [-0.25, -0.2) is 9.78 Å². The van der Waals surface area contributed by atoms with Crippen molar-refractivity contribution in [2.75, 3.05) is 25.1 Å². The van der Waals surface area contributed by atoms with Crippen LogP contribution >= 0.6 is 11.8 Å². The summed E-state index contributed by atoms with van der Waals surface area (Å²) in [5, 5.41) is 15.3. The van der Waals surface area contributed by atoms with Gasteiger partial charge in [-0.1, -0.05) is 20.3 Å². The summed E-state index contributed by atoms with van der Waals surface area (Å²) in [5.41, 5.74) is 0.754. The molecule has 174 valence electrons. The normalized spacial score (nSPS) is 19.5. The molecule has 0 spiro atoms. The average molecular weight is 454 g/mol. The van der Waals surface area contributed by atoms with Crippen LogP contribution in [-0.2, 0) is 20.8 Å². The third-order valence-corrected chi connectivity index (χ3v) is 6.55. The number of amides is 2. The molecule has 1 aliphatic heterocycles. The number of carboxylic acids is 1. The van der Waals surface area contributed by atoms with Crippen LogP contribution in [0.4, 0.5) is 0 Å². The van der Waals surface area contributed by atoms with Crippen LogP contribution in [0.1, 0.15) is 45.2 Å². The monoisotopic (exact) mass is 453 g/mol. The molecule has 2 rings (SSSR count). The number of H-pyrrole nitrogens is 1. The van der Waals surface area contributed by atoms with E-state index in [9.17, 15) is 19.5 Å². The first-order chi connectivity index (χ1) is 14.8. The van der Waals surface area contributed by atoms with E-state index >= 15 is 0 Å². The second-order valence-electron chi connectivity index (χ2n) is 8.15. The molecule has 9 nitrogen and oxygen atoms in total. The van der Waals surface area contributed by atoms with Crippen LogP contribution in [0.3, 0.4) is 0 Å². The van der Waals surface area contributed by atoms with Crippen LogP contribution in [0.25, 0.3) is 0 Å². The highest BCUT2D eigenvalue weighted by Crippen LogP contribution is 2.21. The third kappa shape index (κ3) is 7.84. The van der Waals surface area contributed by atoms with Crippen molar-refractivity contribution in [3.8, 4) is 0 Å². The predicted octanol–water partition coefficient (Wildman–Crippen LogP) is 1.27. The molecular formula is C21H35N5O4S. The first-order valence-electron chi connectivity index (χ1n) is 10.9. The zero-order chi connectivity index (χ0) is 22.8. The third-order valence-electron chi connectivity index (χ3n) is 5.91. The number of aromatic amines is 1. The predicted molar refractivity (Wildman–Crippen MR) is 121 cm³/mol. The van der Waals surface area contributed by atoms with Crippen molar-refractivity contribution in [2.24, 2.45) is 5.92 Å². The SMILES string of the molecule is CCC(C)C(CN1CCCC1C(=O)NC(CCSC)C(=O)O)NC(=O)Cc1cnc[nH]1. The van der Waals surface area contributed by atoms with E-state index in [1.54, 1.807) is 24.3 Å². The molecule has 0 bridgehead atoms. The van der Waals surface area contributed by atoms with Crippen LogP contribution in [0.2, 0.25) is 0 Å². The summed E-state index contributed by atoms with van der Waals surface area (Å²) in [4.78, 5) is 45.9. The summed E-state index contributed by atoms with van der Waals surface area (Å²) >= 11 is 1.56. The summed E-state index contributed by atoms with van der Waals surface area (Å²) < 4.78 is 0. The minimum atomic E-state index is -1.00. The summed E-state index contributed by atoms with van der Waals surface area (Å²) in [6, 6.07) is -1.34. The van der Waals surface area contributed by atoms with Gasteiger partial charge in [0.05, 0.1) is 18.8 Å². The Morgan fingerprint density at radius 3 is 2.77 bits per heavy atom. The Morgan fingerprint density at radius 2 is 2.16 bits per heavy atom. The minimum Gasteiger partial charge on any atom is -0.480 e. The number of nitrogens with one attached hydrogen (secondary N) is 3. The van der Waals surface area contributed by atoms with Crippen molar-refractivity contribution in [3.63, 3.8) is 0 Å². The highest BCUT2D eigenvalue weighted by atomic mass is 32.2. The molecule has 1 aromatic rings. The lowest BCUT2D eigenvalue weighted by atomic mass is 9.98. The van der Waals surface area contributed by atoms with Crippen LogP contribution in [-0.4, -0.2) is 81.0 Å². The Labute approximate surface area is 188 Å². The topological polar surface area (TPSA) is 127 Å². The summed E-state index contributed by atoms with van der Waals surface area (Å²) in [6.45, 7) is 5.49. The van der Waals surface area contributed by atoms with Gasteiger partial charge >= 0.3 is 5.97 Å². The lowest BCUT2D eigenvalue weighted by molar-refractivity contribution is -0.142. The van der Waals surface area contributed by atoms with Gasteiger partial charge in [-0.2, -0.15) is 11.8 Å². The number of imidazole rings is 1. The van der Waals surface area contributed by atoms with Gasteiger partial charge in [0.2, 0.25) is 11.8 Å². The fourth-order valence-corrected chi connectivity index (χ4v) is 4.29. The molecular weight excluding hydrogens is 418 g/mol. The Hall–Kier alpha value is -2.07. The molecule has 1 saturated heterocycles. The number of carboxylic acid groups (broad SMARTS) is 1. The summed E-state index contributed by atoms with van der Waals surface area (Å²) in [6.07, 6.45) is 8.18. The molecule has 4 atom stereocenters. The number of rotatable bonds is 13. The lowest BCUT2D eigenvalue weighted by Gasteiger charge is -2.32. The quantitative estimate of drug-likeness (QED) is 0.354. The molecule has 1 aromatic heterocycles. The second-order valence-corrected chi connectivity index (χ2v) is 9.13. The smallest absolute Gasteiger partial charge is 0.326 e. The number of carbonyl (C=O) groups is 3. The molecule has 31 heavy (non-hydrogen) atoms. The molecule has 0 aromatic carbocycles. The molecule has 1 aliphatic rings. The molecule has 4 N–H and O–H groups in total. The molecule has 0 saturated carbocycles. The standard InChI is InChI=1S/C21H35N5O4S/c1-4-14(2)17(24-19(27)10-15-11-22-13-23-15)12-26-8-5-6-18(26)20(28)25-16(21(29)30)7-9-31-3/h11,13-14,16-18H,4-10,12H2,1-3H3,(H,22,23)(H,24,27)(H,25,28)(H,29,30). The maximum atomic E-state index is 12.9. The summed E-state index contributed by atoms with van der Waals surface area (Å²) in [5.74, 6) is -0.418. The van der Waals surface area contributed by atoms with Crippen LogP contribution in [0.15, 0.2) is 12.5 Å². The van der Waals surface area contributed by atoms with Crippen molar-refractivity contribution >= 4 is 29.5 Å². The number of hydrogen-bond donors (Lipinski definition) is 4. The lowest BCUT2D eigenvalue weighted by Crippen LogP contribution is -2.54. The number of thioether (sulfide) groups is 1. The van der Waals surface area contributed by atoms with E-state index in [1.165, 1.54) is 0 Å². The highest BCUT2D eigenvalue weighted by molar-refractivity contribution is 7.98. The fraction of sp³-hybridized carbons (Fsp3) is 0.714. The minimum absolute atomic E-state index is 0.0854. The highest BCUT2D eigenvalue weighted by Gasteiger charge is 2.35.